The van der Waals surface area contributed by atoms with Crippen LogP contribution in [-0.2, 0) is 0 Å². The molecule has 3 unspecified atom stereocenters. The Morgan fingerprint density at radius 3 is 2.79 bits per heavy atom. The molecule has 0 bridgehead atoms. The van der Waals surface area contributed by atoms with E-state index in [0.717, 1.165) is 22.0 Å². The molecule has 2 fully saturated rings. The molecule has 2 nitrogen and oxygen atoms in total. The van der Waals surface area contributed by atoms with E-state index in [4.69, 9.17) is 0 Å². The SMILES string of the molecule is CC(O)c1ccc(N2CCC3CCCCC32)c(Br)c1. The van der Waals surface area contributed by atoms with E-state index in [1.807, 2.05) is 6.92 Å². The highest BCUT2D eigenvalue weighted by molar-refractivity contribution is 9.10. The fraction of sp³-hybridized carbons (Fsp3) is 0.625. The first-order chi connectivity index (χ1) is 9.16. The molecule has 19 heavy (non-hydrogen) atoms. The minimum absolute atomic E-state index is 0.397. The molecule has 1 aliphatic heterocycles. The number of nitrogens with zero attached hydrogens (tertiary/aromatic N) is 1. The zero-order chi connectivity index (χ0) is 13.4. The van der Waals surface area contributed by atoms with Crippen molar-refractivity contribution in [2.24, 2.45) is 5.92 Å². The third-order valence-corrected chi connectivity index (χ3v) is 5.41. The van der Waals surface area contributed by atoms with Crippen molar-refractivity contribution in [1.29, 1.82) is 0 Å². The normalized spacial score (nSPS) is 28.3. The predicted octanol–water partition coefficient (Wildman–Crippen LogP) is 4.27. The van der Waals surface area contributed by atoms with Crippen LogP contribution in [0.5, 0.6) is 0 Å². The van der Waals surface area contributed by atoms with Crippen LogP contribution in [0.1, 0.15) is 50.7 Å². The summed E-state index contributed by atoms with van der Waals surface area (Å²) in [5.74, 6) is 0.900. The van der Waals surface area contributed by atoms with Crippen LogP contribution in [0, 0.1) is 5.92 Å². The summed E-state index contributed by atoms with van der Waals surface area (Å²) in [5.41, 5.74) is 2.29. The van der Waals surface area contributed by atoms with Crippen LogP contribution >= 0.6 is 15.9 Å². The number of aliphatic hydroxyl groups excluding tert-OH is 1. The van der Waals surface area contributed by atoms with Crippen LogP contribution in [0.2, 0.25) is 0 Å². The van der Waals surface area contributed by atoms with E-state index in [-0.39, 0.29) is 0 Å². The molecule has 1 aromatic carbocycles. The number of fused-ring (bicyclic) bond motifs is 1. The maximum absolute atomic E-state index is 9.66. The number of hydrogen-bond donors (Lipinski definition) is 1. The average Bonchev–Trinajstić information content (AvgIpc) is 2.82. The summed E-state index contributed by atoms with van der Waals surface area (Å²) in [7, 11) is 0. The molecule has 1 aromatic rings. The second-order valence-corrected chi connectivity index (χ2v) is 6.84. The lowest BCUT2D eigenvalue weighted by Crippen LogP contribution is -2.34. The Labute approximate surface area is 123 Å². The van der Waals surface area contributed by atoms with Gasteiger partial charge in [-0.2, -0.15) is 0 Å². The fourth-order valence-electron chi connectivity index (χ4n) is 3.72. The van der Waals surface area contributed by atoms with E-state index in [9.17, 15) is 5.11 Å². The molecular weight excluding hydrogens is 302 g/mol. The largest absolute Gasteiger partial charge is 0.389 e. The third kappa shape index (κ3) is 2.55. The van der Waals surface area contributed by atoms with Gasteiger partial charge in [0.2, 0.25) is 0 Å². The third-order valence-electron chi connectivity index (χ3n) is 4.77. The van der Waals surface area contributed by atoms with Gasteiger partial charge in [-0.1, -0.05) is 18.9 Å². The van der Waals surface area contributed by atoms with Gasteiger partial charge in [0.1, 0.15) is 0 Å². The topological polar surface area (TPSA) is 23.5 Å². The summed E-state index contributed by atoms with van der Waals surface area (Å²) in [4.78, 5) is 2.58. The van der Waals surface area contributed by atoms with Gasteiger partial charge >= 0.3 is 0 Å². The van der Waals surface area contributed by atoms with Crippen LogP contribution in [0.25, 0.3) is 0 Å². The quantitative estimate of drug-likeness (QED) is 0.878. The van der Waals surface area contributed by atoms with E-state index < -0.39 is 6.10 Å². The number of halogens is 1. The Bertz CT molecular complexity index is 460. The van der Waals surface area contributed by atoms with Crippen LogP contribution < -0.4 is 4.90 Å². The number of hydrogen-bond acceptors (Lipinski definition) is 2. The number of anilines is 1. The molecule has 1 saturated heterocycles. The van der Waals surface area contributed by atoms with Gasteiger partial charge in [-0.15, -0.1) is 0 Å². The average molecular weight is 324 g/mol. The Morgan fingerprint density at radius 1 is 1.26 bits per heavy atom. The van der Waals surface area contributed by atoms with E-state index in [0.29, 0.717) is 0 Å². The van der Waals surface area contributed by atoms with Crippen molar-refractivity contribution in [2.75, 3.05) is 11.4 Å². The standard InChI is InChI=1S/C16H22BrNO/c1-11(19)13-6-7-16(14(17)10-13)18-9-8-12-4-2-3-5-15(12)18/h6-7,10-12,15,19H,2-5,8-9H2,1H3. The molecule has 0 amide bonds. The lowest BCUT2D eigenvalue weighted by molar-refractivity contribution is 0.199. The fourth-order valence-corrected chi connectivity index (χ4v) is 4.35. The van der Waals surface area contributed by atoms with Gasteiger partial charge in [-0.3, -0.25) is 0 Å². The smallest absolute Gasteiger partial charge is 0.0762 e. The van der Waals surface area contributed by atoms with Crippen molar-refractivity contribution in [3.63, 3.8) is 0 Å². The molecule has 1 aliphatic carbocycles. The Hall–Kier alpha value is -0.540. The Kier molecular flexibility index (Phi) is 3.86. The van der Waals surface area contributed by atoms with Gasteiger partial charge in [-0.05, 0) is 65.7 Å². The van der Waals surface area contributed by atoms with Gasteiger partial charge in [-0.25, -0.2) is 0 Å². The highest BCUT2D eigenvalue weighted by atomic mass is 79.9. The first kappa shape index (κ1) is 13.4. The molecule has 0 radical (unpaired) electrons. The van der Waals surface area contributed by atoms with Crippen molar-refractivity contribution < 1.29 is 5.11 Å². The Morgan fingerprint density at radius 2 is 2.05 bits per heavy atom. The lowest BCUT2D eigenvalue weighted by Gasteiger charge is -2.34. The van der Waals surface area contributed by atoms with Crippen molar-refractivity contribution in [3.8, 4) is 0 Å². The second kappa shape index (κ2) is 5.45. The highest BCUT2D eigenvalue weighted by Gasteiger charge is 2.36. The first-order valence-electron chi connectivity index (χ1n) is 7.41. The van der Waals surface area contributed by atoms with Gasteiger partial charge in [0.05, 0.1) is 11.8 Å². The van der Waals surface area contributed by atoms with E-state index in [2.05, 4.69) is 39.0 Å². The van der Waals surface area contributed by atoms with E-state index in [1.165, 1.54) is 44.3 Å². The molecule has 1 heterocycles. The van der Waals surface area contributed by atoms with Gasteiger partial charge in [0.15, 0.2) is 0 Å². The van der Waals surface area contributed by atoms with E-state index >= 15 is 0 Å². The van der Waals surface area contributed by atoms with Gasteiger partial charge in [0, 0.05) is 17.1 Å². The lowest BCUT2D eigenvalue weighted by atomic mass is 9.85. The molecule has 1 saturated carbocycles. The number of aliphatic hydroxyl groups is 1. The molecular formula is C16H22BrNO. The highest BCUT2D eigenvalue weighted by Crippen LogP contribution is 2.41. The summed E-state index contributed by atoms with van der Waals surface area (Å²) in [5, 5.41) is 9.66. The molecule has 104 valence electrons. The van der Waals surface area contributed by atoms with Gasteiger partial charge in [0.25, 0.3) is 0 Å². The van der Waals surface area contributed by atoms with Crippen LogP contribution in [-0.4, -0.2) is 17.7 Å². The van der Waals surface area contributed by atoms with Crippen LogP contribution in [0.15, 0.2) is 22.7 Å². The minimum atomic E-state index is -0.397. The van der Waals surface area contributed by atoms with Crippen molar-refractivity contribution in [3.05, 3.63) is 28.2 Å². The summed E-state index contributed by atoms with van der Waals surface area (Å²) in [6.07, 6.45) is 6.49. The summed E-state index contributed by atoms with van der Waals surface area (Å²) in [6, 6.07) is 7.03. The van der Waals surface area contributed by atoms with E-state index in [1.54, 1.807) is 0 Å². The maximum Gasteiger partial charge on any atom is 0.0762 e. The second-order valence-electron chi connectivity index (χ2n) is 5.98. The molecule has 0 aromatic heterocycles. The van der Waals surface area contributed by atoms with Gasteiger partial charge < -0.3 is 10.0 Å². The van der Waals surface area contributed by atoms with Crippen LogP contribution in [0.4, 0.5) is 5.69 Å². The van der Waals surface area contributed by atoms with Crippen molar-refractivity contribution >= 4 is 21.6 Å². The molecule has 3 rings (SSSR count). The maximum atomic E-state index is 9.66. The zero-order valence-corrected chi connectivity index (χ0v) is 13.1. The molecule has 2 aliphatic rings. The summed E-state index contributed by atoms with van der Waals surface area (Å²) >= 11 is 3.69. The molecule has 3 heteroatoms. The van der Waals surface area contributed by atoms with Crippen molar-refractivity contribution in [1.82, 2.24) is 0 Å². The molecule has 0 spiro atoms. The monoisotopic (exact) mass is 323 g/mol. The van der Waals surface area contributed by atoms with Crippen LogP contribution in [0.3, 0.4) is 0 Å². The summed E-state index contributed by atoms with van der Waals surface area (Å²) in [6.45, 7) is 3.00. The summed E-state index contributed by atoms with van der Waals surface area (Å²) < 4.78 is 1.12. The minimum Gasteiger partial charge on any atom is -0.389 e. The first-order valence-corrected chi connectivity index (χ1v) is 8.20. The zero-order valence-electron chi connectivity index (χ0n) is 11.5. The molecule has 3 atom stereocenters. The number of benzene rings is 1. The molecule has 1 N–H and O–H groups in total. The van der Waals surface area contributed by atoms with Crippen molar-refractivity contribution in [2.45, 2.75) is 51.2 Å². The Balaban J connectivity index is 1.86. The predicted molar refractivity (Wildman–Crippen MR) is 82.5 cm³/mol. The number of rotatable bonds is 2.